The molecule has 0 saturated carbocycles. The lowest BCUT2D eigenvalue weighted by atomic mass is 10.1. The molecule has 1 unspecified atom stereocenters. The van der Waals surface area contributed by atoms with E-state index in [1.54, 1.807) is 19.0 Å². The van der Waals surface area contributed by atoms with Gasteiger partial charge in [-0.2, -0.15) is 0 Å². The van der Waals surface area contributed by atoms with Crippen LogP contribution in [0.15, 0.2) is 27.6 Å². The Balaban J connectivity index is 2.85. The first kappa shape index (κ1) is 17.5. The molecule has 0 aromatic heterocycles. The van der Waals surface area contributed by atoms with Gasteiger partial charge in [0.05, 0.1) is 5.60 Å². The number of benzene rings is 1. The van der Waals surface area contributed by atoms with Crippen molar-refractivity contribution in [1.82, 2.24) is 9.62 Å². The third-order valence-electron chi connectivity index (χ3n) is 2.48. The molecule has 1 atom stereocenters. The quantitative estimate of drug-likeness (QED) is 0.790. The van der Waals surface area contributed by atoms with Gasteiger partial charge in [-0.05, 0) is 39.2 Å². The summed E-state index contributed by atoms with van der Waals surface area (Å²) >= 11 is 3.06. The standard InChI is InChI=1S/C12H18BrFN2O3S/c1-12(17,8-16(2)3)7-15-20(18,19)11-5-4-9(13)6-10(11)14/h4-6,15,17H,7-8H2,1-3H3. The summed E-state index contributed by atoms with van der Waals surface area (Å²) in [6.45, 7) is 1.58. The fourth-order valence-electron chi connectivity index (χ4n) is 1.76. The van der Waals surface area contributed by atoms with Crippen LogP contribution in [0.5, 0.6) is 0 Å². The molecule has 1 aromatic rings. The molecule has 0 aliphatic rings. The molecule has 5 nitrogen and oxygen atoms in total. The van der Waals surface area contributed by atoms with Crippen LogP contribution >= 0.6 is 15.9 Å². The van der Waals surface area contributed by atoms with Crippen molar-refractivity contribution < 1.29 is 17.9 Å². The largest absolute Gasteiger partial charge is 0.387 e. The van der Waals surface area contributed by atoms with Crippen molar-refractivity contribution in [1.29, 1.82) is 0 Å². The summed E-state index contributed by atoms with van der Waals surface area (Å²) in [4.78, 5) is 1.29. The Morgan fingerprint density at radius 1 is 1.45 bits per heavy atom. The van der Waals surface area contributed by atoms with Crippen molar-refractivity contribution in [2.75, 3.05) is 27.2 Å². The van der Waals surface area contributed by atoms with E-state index in [2.05, 4.69) is 20.7 Å². The van der Waals surface area contributed by atoms with E-state index in [0.717, 1.165) is 6.07 Å². The second-order valence-electron chi connectivity index (χ2n) is 5.13. The smallest absolute Gasteiger partial charge is 0.243 e. The number of sulfonamides is 1. The molecular weight excluding hydrogens is 351 g/mol. The zero-order valence-electron chi connectivity index (χ0n) is 11.5. The highest BCUT2D eigenvalue weighted by molar-refractivity contribution is 9.10. The molecule has 2 N–H and O–H groups in total. The Morgan fingerprint density at radius 2 is 2.05 bits per heavy atom. The molecule has 114 valence electrons. The van der Waals surface area contributed by atoms with E-state index in [4.69, 9.17) is 0 Å². The van der Waals surface area contributed by atoms with E-state index < -0.39 is 26.3 Å². The van der Waals surface area contributed by atoms with Crippen LogP contribution in [0.4, 0.5) is 4.39 Å². The SMILES string of the molecule is CN(C)CC(C)(O)CNS(=O)(=O)c1ccc(Br)cc1F. The van der Waals surface area contributed by atoms with Crippen molar-refractivity contribution in [2.45, 2.75) is 17.4 Å². The highest BCUT2D eigenvalue weighted by Gasteiger charge is 2.26. The van der Waals surface area contributed by atoms with E-state index in [1.165, 1.54) is 19.1 Å². The number of aliphatic hydroxyl groups is 1. The van der Waals surface area contributed by atoms with Gasteiger partial charge in [-0.15, -0.1) is 0 Å². The molecule has 8 heteroatoms. The summed E-state index contributed by atoms with van der Waals surface area (Å²) < 4.78 is 40.3. The minimum Gasteiger partial charge on any atom is -0.387 e. The molecule has 0 aliphatic heterocycles. The average Bonchev–Trinajstić information content (AvgIpc) is 2.24. The zero-order chi connectivity index (χ0) is 15.6. The Labute approximate surface area is 127 Å². The molecule has 0 saturated heterocycles. The first-order valence-corrected chi connectivity index (χ1v) is 8.13. The summed E-state index contributed by atoms with van der Waals surface area (Å²) in [6.07, 6.45) is 0. The summed E-state index contributed by atoms with van der Waals surface area (Å²) in [6, 6.07) is 3.69. The minimum atomic E-state index is -4.00. The van der Waals surface area contributed by atoms with Gasteiger partial charge in [0.1, 0.15) is 10.7 Å². The van der Waals surface area contributed by atoms with E-state index in [0.29, 0.717) is 4.47 Å². The van der Waals surface area contributed by atoms with E-state index in [-0.39, 0.29) is 13.1 Å². The average molecular weight is 369 g/mol. The molecular formula is C12H18BrFN2O3S. The monoisotopic (exact) mass is 368 g/mol. The first-order chi connectivity index (χ1) is 9.03. The number of nitrogens with one attached hydrogen (secondary N) is 1. The molecule has 20 heavy (non-hydrogen) atoms. The van der Waals surface area contributed by atoms with Crippen molar-refractivity contribution in [2.24, 2.45) is 0 Å². The molecule has 0 spiro atoms. The lowest BCUT2D eigenvalue weighted by Gasteiger charge is -2.27. The van der Waals surface area contributed by atoms with Crippen LogP contribution in [-0.4, -0.2) is 51.2 Å². The Kier molecular flexibility index (Phi) is 5.68. The zero-order valence-corrected chi connectivity index (χ0v) is 13.9. The molecule has 0 radical (unpaired) electrons. The predicted molar refractivity (Wildman–Crippen MR) is 78.5 cm³/mol. The summed E-state index contributed by atoms with van der Waals surface area (Å²) in [7, 11) is -0.479. The van der Waals surface area contributed by atoms with Crippen LogP contribution in [0, 0.1) is 5.82 Å². The molecule has 0 aliphatic carbocycles. The second kappa shape index (κ2) is 6.48. The fraction of sp³-hybridized carbons (Fsp3) is 0.500. The Hall–Kier alpha value is -0.540. The highest BCUT2D eigenvalue weighted by atomic mass is 79.9. The van der Waals surface area contributed by atoms with Gasteiger partial charge in [-0.1, -0.05) is 15.9 Å². The van der Waals surface area contributed by atoms with Crippen LogP contribution in [0.3, 0.4) is 0 Å². The Bertz CT molecular complexity index is 576. The van der Waals surface area contributed by atoms with Gasteiger partial charge in [0.2, 0.25) is 10.0 Å². The molecule has 0 heterocycles. The number of nitrogens with zero attached hydrogens (tertiary/aromatic N) is 1. The van der Waals surface area contributed by atoms with Gasteiger partial charge in [-0.3, -0.25) is 0 Å². The first-order valence-electron chi connectivity index (χ1n) is 5.85. The molecule has 1 aromatic carbocycles. The van der Waals surface area contributed by atoms with Crippen LogP contribution in [0.25, 0.3) is 0 Å². The fourth-order valence-corrected chi connectivity index (χ4v) is 3.31. The number of halogens is 2. The third-order valence-corrected chi connectivity index (χ3v) is 4.41. The second-order valence-corrected chi connectivity index (χ2v) is 7.79. The predicted octanol–water partition coefficient (Wildman–Crippen LogP) is 1.18. The van der Waals surface area contributed by atoms with Crippen molar-refractivity contribution in [3.05, 3.63) is 28.5 Å². The summed E-state index contributed by atoms with van der Waals surface area (Å²) in [5.74, 6) is -0.848. The van der Waals surface area contributed by atoms with Gasteiger partial charge >= 0.3 is 0 Å². The van der Waals surface area contributed by atoms with Gasteiger partial charge < -0.3 is 10.0 Å². The topological polar surface area (TPSA) is 69.6 Å². The maximum atomic E-state index is 13.7. The van der Waals surface area contributed by atoms with Crippen molar-refractivity contribution >= 4 is 26.0 Å². The van der Waals surface area contributed by atoms with Gasteiger partial charge in [0, 0.05) is 17.6 Å². The van der Waals surface area contributed by atoms with Crippen LogP contribution in [0.2, 0.25) is 0 Å². The normalized spacial score (nSPS) is 15.3. The van der Waals surface area contributed by atoms with Crippen LogP contribution in [0.1, 0.15) is 6.92 Å². The van der Waals surface area contributed by atoms with Crippen molar-refractivity contribution in [3.8, 4) is 0 Å². The van der Waals surface area contributed by atoms with Crippen LogP contribution in [-0.2, 0) is 10.0 Å². The lowest BCUT2D eigenvalue weighted by molar-refractivity contribution is 0.0386. The van der Waals surface area contributed by atoms with E-state index >= 15 is 0 Å². The number of hydrogen-bond donors (Lipinski definition) is 2. The van der Waals surface area contributed by atoms with Crippen molar-refractivity contribution in [3.63, 3.8) is 0 Å². The van der Waals surface area contributed by atoms with Gasteiger partial charge in [0.25, 0.3) is 0 Å². The number of rotatable bonds is 6. The number of hydrogen-bond acceptors (Lipinski definition) is 4. The maximum absolute atomic E-state index is 13.7. The molecule has 1 rings (SSSR count). The summed E-state index contributed by atoms with van der Waals surface area (Å²) in [5, 5.41) is 10.0. The third kappa shape index (κ3) is 5.10. The van der Waals surface area contributed by atoms with Crippen LogP contribution < -0.4 is 4.72 Å². The van der Waals surface area contributed by atoms with Gasteiger partial charge in [-0.25, -0.2) is 17.5 Å². The molecule has 0 fully saturated rings. The summed E-state index contributed by atoms with van der Waals surface area (Å²) in [5.41, 5.74) is -1.25. The Morgan fingerprint density at radius 3 is 2.55 bits per heavy atom. The maximum Gasteiger partial charge on any atom is 0.243 e. The minimum absolute atomic E-state index is 0.205. The highest BCUT2D eigenvalue weighted by Crippen LogP contribution is 2.19. The molecule has 0 amide bonds. The van der Waals surface area contributed by atoms with E-state index in [9.17, 15) is 17.9 Å². The van der Waals surface area contributed by atoms with Gasteiger partial charge in [0.15, 0.2) is 0 Å². The van der Waals surface area contributed by atoms with E-state index in [1.807, 2.05) is 0 Å². The lowest BCUT2D eigenvalue weighted by Crippen LogP contribution is -2.47. The molecule has 0 bridgehead atoms. The number of likely N-dealkylation sites (N-methyl/N-ethyl adjacent to an activating group) is 1.